The first kappa shape index (κ1) is 14.2. The van der Waals surface area contributed by atoms with Crippen LogP contribution in [-0.2, 0) is 16.0 Å². The molecule has 0 aromatic heterocycles. The first-order valence-electron chi connectivity index (χ1n) is 4.98. The van der Waals surface area contributed by atoms with E-state index in [0.29, 0.717) is 6.54 Å². The lowest BCUT2D eigenvalue weighted by atomic mass is 10.1. The lowest BCUT2D eigenvalue weighted by molar-refractivity contribution is -0.122. The van der Waals surface area contributed by atoms with Crippen LogP contribution < -0.4 is 5.73 Å². The Morgan fingerprint density at radius 2 is 2.12 bits per heavy atom. The standard InChI is InChI=1S/C11H12BrF2NO2/c12-9-1-2-10(13)8(11(9)14)5-7(16)6-17-4-3-15/h1-2H,3-6,15H2. The van der Waals surface area contributed by atoms with Gasteiger partial charge in [-0.05, 0) is 28.1 Å². The third-order valence-corrected chi connectivity index (χ3v) is 2.65. The van der Waals surface area contributed by atoms with Crippen LogP contribution in [0.1, 0.15) is 5.56 Å². The van der Waals surface area contributed by atoms with E-state index < -0.39 is 17.4 Å². The van der Waals surface area contributed by atoms with Crippen molar-refractivity contribution in [3.63, 3.8) is 0 Å². The number of Topliss-reactive ketones (excluding diaryl/α,β-unsaturated/α-hetero) is 1. The van der Waals surface area contributed by atoms with E-state index in [-0.39, 0.29) is 29.7 Å². The number of ether oxygens (including phenoxy) is 1. The Morgan fingerprint density at radius 1 is 1.41 bits per heavy atom. The molecule has 6 heteroatoms. The molecule has 0 bridgehead atoms. The van der Waals surface area contributed by atoms with Gasteiger partial charge < -0.3 is 10.5 Å². The topological polar surface area (TPSA) is 52.3 Å². The fourth-order valence-electron chi connectivity index (χ4n) is 1.25. The SMILES string of the molecule is NCCOCC(=O)Cc1c(F)ccc(Br)c1F. The highest BCUT2D eigenvalue weighted by Gasteiger charge is 2.15. The van der Waals surface area contributed by atoms with Crippen LogP contribution in [0.15, 0.2) is 16.6 Å². The summed E-state index contributed by atoms with van der Waals surface area (Å²) in [6.07, 6.45) is -0.332. The van der Waals surface area contributed by atoms with Crippen LogP contribution in [0.2, 0.25) is 0 Å². The zero-order chi connectivity index (χ0) is 12.8. The second kappa shape index (κ2) is 6.78. The van der Waals surface area contributed by atoms with E-state index in [2.05, 4.69) is 15.9 Å². The Hall–Kier alpha value is -0.850. The van der Waals surface area contributed by atoms with Crippen molar-refractivity contribution in [3.8, 4) is 0 Å². The number of benzene rings is 1. The van der Waals surface area contributed by atoms with Crippen molar-refractivity contribution in [1.29, 1.82) is 0 Å². The van der Waals surface area contributed by atoms with Crippen molar-refractivity contribution in [3.05, 3.63) is 33.8 Å². The fourth-order valence-corrected chi connectivity index (χ4v) is 1.62. The first-order valence-corrected chi connectivity index (χ1v) is 5.77. The van der Waals surface area contributed by atoms with Crippen LogP contribution in [0.4, 0.5) is 8.78 Å². The van der Waals surface area contributed by atoms with Gasteiger partial charge in [-0.15, -0.1) is 0 Å². The second-order valence-corrected chi connectivity index (χ2v) is 4.23. The Morgan fingerprint density at radius 3 is 2.76 bits per heavy atom. The molecular weight excluding hydrogens is 296 g/mol. The lowest BCUT2D eigenvalue weighted by Gasteiger charge is -2.06. The lowest BCUT2D eigenvalue weighted by Crippen LogP contribution is -2.17. The third-order valence-electron chi connectivity index (χ3n) is 2.04. The summed E-state index contributed by atoms with van der Waals surface area (Å²) in [5.41, 5.74) is 4.92. The van der Waals surface area contributed by atoms with Crippen LogP contribution in [0.25, 0.3) is 0 Å². The molecule has 2 N–H and O–H groups in total. The van der Waals surface area contributed by atoms with Gasteiger partial charge in [0.1, 0.15) is 18.2 Å². The maximum absolute atomic E-state index is 13.5. The minimum atomic E-state index is -0.753. The number of carbonyl (C=O) groups excluding carboxylic acids is 1. The van der Waals surface area contributed by atoms with Gasteiger partial charge in [0.15, 0.2) is 5.78 Å². The molecule has 0 heterocycles. The second-order valence-electron chi connectivity index (χ2n) is 3.38. The Labute approximate surface area is 106 Å². The summed E-state index contributed by atoms with van der Waals surface area (Å²) >= 11 is 2.93. The number of halogens is 3. The largest absolute Gasteiger partial charge is 0.372 e. The summed E-state index contributed by atoms with van der Waals surface area (Å²) in [7, 11) is 0. The summed E-state index contributed by atoms with van der Waals surface area (Å²) in [5.74, 6) is -1.88. The summed E-state index contributed by atoms with van der Waals surface area (Å²) in [4.78, 5) is 11.4. The van der Waals surface area contributed by atoms with Gasteiger partial charge in [-0.2, -0.15) is 0 Å². The molecule has 0 aliphatic rings. The van der Waals surface area contributed by atoms with Crippen molar-refractivity contribution >= 4 is 21.7 Å². The average Bonchev–Trinajstić information content (AvgIpc) is 2.30. The van der Waals surface area contributed by atoms with Crippen LogP contribution in [0.5, 0.6) is 0 Å². The predicted octanol–water partition coefficient (Wildman–Crippen LogP) is 1.81. The zero-order valence-electron chi connectivity index (χ0n) is 9.01. The van der Waals surface area contributed by atoms with E-state index in [0.717, 1.165) is 6.07 Å². The predicted molar refractivity (Wildman–Crippen MR) is 62.6 cm³/mol. The van der Waals surface area contributed by atoms with E-state index in [9.17, 15) is 13.6 Å². The van der Waals surface area contributed by atoms with Crippen LogP contribution in [0.3, 0.4) is 0 Å². The molecule has 0 spiro atoms. The average molecular weight is 308 g/mol. The maximum Gasteiger partial charge on any atom is 0.163 e. The van der Waals surface area contributed by atoms with Crippen LogP contribution >= 0.6 is 15.9 Å². The molecule has 0 atom stereocenters. The molecule has 0 saturated heterocycles. The molecule has 0 amide bonds. The van der Waals surface area contributed by atoms with E-state index in [1.165, 1.54) is 6.07 Å². The maximum atomic E-state index is 13.5. The summed E-state index contributed by atoms with van der Waals surface area (Å²) in [6, 6.07) is 2.36. The van der Waals surface area contributed by atoms with Gasteiger partial charge >= 0.3 is 0 Å². The van der Waals surface area contributed by atoms with E-state index in [1.54, 1.807) is 0 Å². The summed E-state index contributed by atoms with van der Waals surface area (Å²) in [6.45, 7) is 0.352. The normalized spacial score (nSPS) is 10.6. The Kier molecular flexibility index (Phi) is 5.67. The monoisotopic (exact) mass is 307 g/mol. The van der Waals surface area contributed by atoms with E-state index >= 15 is 0 Å². The van der Waals surface area contributed by atoms with Gasteiger partial charge in [0.05, 0.1) is 11.1 Å². The van der Waals surface area contributed by atoms with Gasteiger partial charge in [-0.1, -0.05) is 0 Å². The van der Waals surface area contributed by atoms with Gasteiger partial charge in [-0.25, -0.2) is 8.78 Å². The van der Waals surface area contributed by atoms with Gasteiger partial charge in [0.25, 0.3) is 0 Å². The van der Waals surface area contributed by atoms with Crippen LogP contribution in [-0.4, -0.2) is 25.5 Å². The zero-order valence-corrected chi connectivity index (χ0v) is 10.6. The van der Waals surface area contributed by atoms with E-state index in [4.69, 9.17) is 10.5 Å². The molecular formula is C11H12BrF2NO2. The molecule has 17 heavy (non-hydrogen) atoms. The molecule has 0 unspecified atom stereocenters. The smallest absolute Gasteiger partial charge is 0.163 e. The minimum Gasteiger partial charge on any atom is -0.372 e. The van der Waals surface area contributed by atoms with Crippen LogP contribution in [0, 0.1) is 11.6 Å². The third kappa shape index (κ3) is 4.14. The van der Waals surface area contributed by atoms with Crippen molar-refractivity contribution in [1.82, 2.24) is 0 Å². The Bertz CT molecular complexity index is 413. The number of carbonyl (C=O) groups is 1. The van der Waals surface area contributed by atoms with Gasteiger partial charge in [-0.3, -0.25) is 4.79 Å². The summed E-state index contributed by atoms with van der Waals surface area (Å²) in [5, 5.41) is 0. The van der Waals surface area contributed by atoms with E-state index in [1.807, 2.05) is 0 Å². The van der Waals surface area contributed by atoms with Crippen molar-refractivity contribution in [2.75, 3.05) is 19.8 Å². The van der Waals surface area contributed by atoms with Gasteiger partial charge in [0, 0.05) is 18.5 Å². The highest BCUT2D eigenvalue weighted by atomic mass is 79.9. The molecule has 0 fully saturated rings. The molecule has 1 aromatic carbocycles. The molecule has 94 valence electrons. The molecule has 0 aliphatic carbocycles. The minimum absolute atomic E-state index is 0.129. The molecule has 0 aliphatic heterocycles. The van der Waals surface area contributed by atoms with Crippen molar-refractivity contribution in [2.45, 2.75) is 6.42 Å². The first-order chi connectivity index (χ1) is 8.06. The number of hydrogen-bond acceptors (Lipinski definition) is 3. The number of hydrogen-bond donors (Lipinski definition) is 1. The van der Waals surface area contributed by atoms with Crippen molar-refractivity contribution < 1.29 is 18.3 Å². The quantitative estimate of drug-likeness (QED) is 0.644. The summed E-state index contributed by atoms with van der Waals surface area (Å²) < 4.78 is 31.8. The molecule has 3 nitrogen and oxygen atoms in total. The number of rotatable bonds is 6. The highest BCUT2D eigenvalue weighted by Crippen LogP contribution is 2.22. The van der Waals surface area contributed by atoms with Crippen molar-refractivity contribution in [2.24, 2.45) is 5.73 Å². The molecule has 0 saturated carbocycles. The Balaban J connectivity index is 2.68. The number of ketones is 1. The molecule has 1 aromatic rings. The fraction of sp³-hybridized carbons (Fsp3) is 0.364. The molecule has 0 radical (unpaired) electrons. The highest BCUT2D eigenvalue weighted by molar-refractivity contribution is 9.10. The van der Waals surface area contributed by atoms with Gasteiger partial charge in [0.2, 0.25) is 0 Å². The molecule has 1 rings (SSSR count). The number of nitrogens with two attached hydrogens (primary N) is 1.